The molecule has 2 aromatic heterocycles. The third-order valence-corrected chi connectivity index (χ3v) is 5.35. The summed E-state index contributed by atoms with van der Waals surface area (Å²) < 4.78 is 18.7. The molecule has 4 rings (SSSR count). The van der Waals surface area contributed by atoms with Crippen molar-refractivity contribution in [2.75, 3.05) is 31.6 Å². The Hall–Kier alpha value is -2.35. The zero-order chi connectivity index (χ0) is 18.5. The number of nitrogens with zero attached hydrogens (tertiary/aromatic N) is 2. The number of pyridine rings is 1. The maximum Gasteiger partial charge on any atom is 0.188 e. The van der Waals surface area contributed by atoms with Gasteiger partial charge in [-0.05, 0) is 36.2 Å². The molecule has 140 valence electrons. The topological polar surface area (TPSA) is 59.1 Å². The van der Waals surface area contributed by atoms with E-state index in [1.165, 1.54) is 23.5 Å². The average molecular weight is 384 g/mol. The van der Waals surface area contributed by atoms with E-state index in [-0.39, 0.29) is 5.82 Å². The Morgan fingerprint density at radius 1 is 1.22 bits per heavy atom. The van der Waals surface area contributed by atoms with Gasteiger partial charge in [-0.15, -0.1) is 0 Å². The van der Waals surface area contributed by atoms with Crippen LogP contribution in [0, 0.1) is 11.7 Å². The van der Waals surface area contributed by atoms with Crippen LogP contribution in [0.2, 0.25) is 0 Å². The SMILES string of the molecule is Fc1ccc(-c2cnc(Nc3cccc(CC4CNCCOC4)n3)s2)cc1. The van der Waals surface area contributed by atoms with Crippen molar-refractivity contribution in [2.45, 2.75) is 6.42 Å². The minimum atomic E-state index is -0.239. The lowest BCUT2D eigenvalue weighted by molar-refractivity contribution is 0.123. The van der Waals surface area contributed by atoms with Gasteiger partial charge in [0.05, 0.1) is 18.1 Å². The van der Waals surface area contributed by atoms with Crippen LogP contribution in [0.3, 0.4) is 0 Å². The summed E-state index contributed by atoms with van der Waals surface area (Å²) in [4.78, 5) is 10.1. The van der Waals surface area contributed by atoms with Crippen LogP contribution >= 0.6 is 11.3 Å². The van der Waals surface area contributed by atoms with Gasteiger partial charge in [-0.3, -0.25) is 0 Å². The fourth-order valence-corrected chi connectivity index (χ4v) is 3.87. The lowest BCUT2D eigenvalue weighted by Gasteiger charge is -2.13. The molecule has 0 amide bonds. The number of hydrogen-bond donors (Lipinski definition) is 2. The number of anilines is 2. The first-order valence-corrected chi connectivity index (χ1v) is 9.81. The maximum atomic E-state index is 13.1. The maximum absolute atomic E-state index is 13.1. The van der Waals surface area contributed by atoms with Gasteiger partial charge < -0.3 is 15.4 Å². The number of rotatable bonds is 5. The zero-order valence-electron chi connectivity index (χ0n) is 14.8. The number of halogens is 1. The molecule has 27 heavy (non-hydrogen) atoms. The van der Waals surface area contributed by atoms with Crippen LogP contribution in [-0.4, -0.2) is 36.3 Å². The molecule has 1 unspecified atom stereocenters. The number of thiazole rings is 1. The van der Waals surface area contributed by atoms with Gasteiger partial charge in [0.2, 0.25) is 0 Å². The molecule has 0 radical (unpaired) electrons. The standard InChI is InChI=1S/C20H21FN4OS/c21-16-6-4-15(5-7-16)18-12-23-20(27-18)25-19-3-1-2-17(24-19)10-14-11-22-8-9-26-13-14/h1-7,12,14,22H,8-11,13H2,(H,23,24,25). The predicted octanol–water partition coefficient (Wildman–Crippen LogP) is 3.87. The molecule has 3 aromatic rings. The quantitative estimate of drug-likeness (QED) is 0.699. The number of benzene rings is 1. The highest BCUT2D eigenvalue weighted by molar-refractivity contribution is 7.18. The van der Waals surface area contributed by atoms with Crippen LogP contribution in [-0.2, 0) is 11.2 Å². The average Bonchev–Trinajstić information content (AvgIpc) is 2.98. The minimum absolute atomic E-state index is 0.239. The molecule has 0 aliphatic carbocycles. The number of aromatic nitrogens is 2. The third kappa shape index (κ3) is 4.88. The Morgan fingerprint density at radius 3 is 3.00 bits per heavy atom. The van der Waals surface area contributed by atoms with E-state index in [1.54, 1.807) is 18.3 Å². The summed E-state index contributed by atoms with van der Waals surface area (Å²) in [7, 11) is 0. The number of ether oxygens (including phenoxy) is 1. The van der Waals surface area contributed by atoms with Crippen LogP contribution in [0.15, 0.2) is 48.7 Å². The second-order valence-electron chi connectivity index (χ2n) is 6.52. The normalized spacial score (nSPS) is 17.4. The molecule has 0 spiro atoms. The second-order valence-corrected chi connectivity index (χ2v) is 7.56. The number of hydrogen-bond acceptors (Lipinski definition) is 6. The molecular formula is C20H21FN4OS. The molecule has 0 saturated carbocycles. The molecule has 1 aliphatic heterocycles. The van der Waals surface area contributed by atoms with Crippen molar-refractivity contribution in [3.05, 3.63) is 60.2 Å². The second kappa shape index (κ2) is 8.56. The Kier molecular flexibility index (Phi) is 5.72. The highest BCUT2D eigenvalue weighted by Crippen LogP contribution is 2.30. The number of nitrogens with one attached hydrogen (secondary N) is 2. The monoisotopic (exact) mass is 384 g/mol. The largest absolute Gasteiger partial charge is 0.380 e. The van der Waals surface area contributed by atoms with Crippen molar-refractivity contribution < 1.29 is 9.13 Å². The van der Waals surface area contributed by atoms with E-state index in [0.717, 1.165) is 59.8 Å². The van der Waals surface area contributed by atoms with Crippen molar-refractivity contribution >= 4 is 22.3 Å². The lowest BCUT2D eigenvalue weighted by Crippen LogP contribution is -2.24. The molecule has 2 N–H and O–H groups in total. The molecule has 1 saturated heterocycles. The molecule has 1 aromatic carbocycles. The van der Waals surface area contributed by atoms with Gasteiger partial charge >= 0.3 is 0 Å². The third-order valence-electron chi connectivity index (χ3n) is 4.38. The van der Waals surface area contributed by atoms with Crippen molar-refractivity contribution in [3.63, 3.8) is 0 Å². The van der Waals surface area contributed by atoms with E-state index in [0.29, 0.717) is 5.92 Å². The Labute approximate surface area is 161 Å². The fourth-order valence-electron chi connectivity index (χ4n) is 3.04. The van der Waals surface area contributed by atoms with E-state index in [1.807, 2.05) is 18.2 Å². The highest BCUT2D eigenvalue weighted by Gasteiger charge is 2.14. The summed E-state index contributed by atoms with van der Waals surface area (Å²) in [6, 6.07) is 12.4. The van der Waals surface area contributed by atoms with Gasteiger partial charge in [0.25, 0.3) is 0 Å². The van der Waals surface area contributed by atoms with Crippen LogP contribution < -0.4 is 10.6 Å². The van der Waals surface area contributed by atoms with Crippen LogP contribution in [0.1, 0.15) is 5.69 Å². The molecule has 1 aliphatic rings. The summed E-state index contributed by atoms with van der Waals surface area (Å²) in [5, 5.41) is 7.43. The van der Waals surface area contributed by atoms with Crippen molar-refractivity contribution in [2.24, 2.45) is 5.92 Å². The van der Waals surface area contributed by atoms with Gasteiger partial charge in [-0.2, -0.15) is 0 Å². The summed E-state index contributed by atoms with van der Waals surface area (Å²) in [5.41, 5.74) is 1.98. The summed E-state index contributed by atoms with van der Waals surface area (Å²) in [6.45, 7) is 3.39. The van der Waals surface area contributed by atoms with E-state index >= 15 is 0 Å². The van der Waals surface area contributed by atoms with Gasteiger partial charge in [0.15, 0.2) is 5.13 Å². The summed E-state index contributed by atoms with van der Waals surface area (Å²) in [6.07, 6.45) is 2.67. The van der Waals surface area contributed by atoms with E-state index in [9.17, 15) is 4.39 Å². The molecule has 7 heteroatoms. The van der Waals surface area contributed by atoms with Crippen LogP contribution in [0.5, 0.6) is 0 Å². The zero-order valence-corrected chi connectivity index (χ0v) is 15.6. The van der Waals surface area contributed by atoms with E-state index in [2.05, 4.69) is 15.6 Å². The van der Waals surface area contributed by atoms with Gasteiger partial charge in [0, 0.05) is 30.9 Å². The van der Waals surface area contributed by atoms with Crippen LogP contribution in [0.4, 0.5) is 15.3 Å². The van der Waals surface area contributed by atoms with Gasteiger partial charge in [-0.1, -0.05) is 29.5 Å². The lowest BCUT2D eigenvalue weighted by atomic mass is 10.0. The molecule has 1 atom stereocenters. The first kappa shape index (κ1) is 18.0. The predicted molar refractivity (Wildman–Crippen MR) is 106 cm³/mol. The first-order valence-electron chi connectivity index (χ1n) is 8.99. The Morgan fingerprint density at radius 2 is 2.11 bits per heavy atom. The van der Waals surface area contributed by atoms with Gasteiger partial charge in [-0.25, -0.2) is 14.4 Å². The summed E-state index contributed by atoms with van der Waals surface area (Å²) >= 11 is 1.52. The molecular weight excluding hydrogens is 363 g/mol. The minimum Gasteiger partial charge on any atom is -0.380 e. The fraction of sp³-hybridized carbons (Fsp3) is 0.300. The molecule has 0 bridgehead atoms. The molecule has 1 fully saturated rings. The Bertz CT molecular complexity index is 876. The molecule has 3 heterocycles. The first-order chi connectivity index (χ1) is 13.3. The van der Waals surface area contributed by atoms with Crippen molar-refractivity contribution in [1.82, 2.24) is 15.3 Å². The van der Waals surface area contributed by atoms with Crippen molar-refractivity contribution in [1.29, 1.82) is 0 Å². The highest BCUT2D eigenvalue weighted by atomic mass is 32.1. The van der Waals surface area contributed by atoms with Gasteiger partial charge in [0.1, 0.15) is 11.6 Å². The smallest absolute Gasteiger partial charge is 0.188 e. The van der Waals surface area contributed by atoms with E-state index in [4.69, 9.17) is 9.72 Å². The van der Waals surface area contributed by atoms with Crippen molar-refractivity contribution in [3.8, 4) is 10.4 Å². The Balaban J connectivity index is 1.43. The van der Waals surface area contributed by atoms with E-state index < -0.39 is 0 Å². The summed E-state index contributed by atoms with van der Waals surface area (Å²) in [5.74, 6) is 0.965. The molecule has 5 nitrogen and oxygen atoms in total. The van der Waals surface area contributed by atoms with Crippen LogP contribution in [0.25, 0.3) is 10.4 Å².